The minimum atomic E-state index is 0.473. The van der Waals surface area contributed by atoms with Crippen LogP contribution < -0.4 is 4.31 Å². The Morgan fingerprint density at radius 3 is 1.49 bits per heavy atom. The van der Waals surface area contributed by atoms with Gasteiger partial charge < -0.3 is 17.1 Å². The van der Waals surface area contributed by atoms with Crippen molar-refractivity contribution in [2.45, 2.75) is 155 Å². The highest BCUT2D eigenvalue weighted by molar-refractivity contribution is 8.12. The number of nitrogens with zero attached hydrogens (tertiary/aromatic N) is 1. The third-order valence-corrected chi connectivity index (χ3v) is 8.23. The van der Waals surface area contributed by atoms with Gasteiger partial charge in [0.05, 0.1) is 0 Å². The Hall–Kier alpha value is -0.190. The van der Waals surface area contributed by atoms with Crippen LogP contribution in [0.15, 0.2) is 18.2 Å². The van der Waals surface area contributed by atoms with E-state index in [0.717, 1.165) is 18.5 Å². The van der Waals surface area contributed by atoms with Crippen LogP contribution in [0.3, 0.4) is 0 Å². The fourth-order valence-electron chi connectivity index (χ4n) is 5.03. The lowest BCUT2D eigenvalue weighted by Gasteiger charge is -2.33. The smallest absolute Gasteiger partial charge is 0.115 e. The molecule has 0 bridgehead atoms. The Kier molecular flexibility index (Phi) is 21.5. The Labute approximate surface area is 235 Å². The van der Waals surface area contributed by atoms with E-state index in [9.17, 15) is 0 Å². The Morgan fingerprint density at radius 2 is 1.06 bits per heavy atom. The maximum absolute atomic E-state index is 5.59. The summed E-state index contributed by atoms with van der Waals surface area (Å²) in [7, 11) is 0. The molecule has 0 fully saturated rings. The quantitative estimate of drug-likeness (QED) is 0.0641. The predicted molar refractivity (Wildman–Crippen MR) is 169 cm³/mol. The first-order chi connectivity index (χ1) is 17.1. The molecule has 35 heavy (non-hydrogen) atoms. The maximum atomic E-state index is 5.59. The van der Waals surface area contributed by atoms with Gasteiger partial charge in [0.2, 0.25) is 0 Å². The van der Waals surface area contributed by atoms with Crippen LogP contribution in [0, 0.1) is 0 Å². The summed E-state index contributed by atoms with van der Waals surface area (Å²) in [6, 6.07) is 6.59. The molecule has 0 atom stereocenters. The molecule has 0 saturated heterocycles. The fraction of sp³-hybridized carbons (Fsp3) is 0.774. The van der Waals surface area contributed by atoms with Gasteiger partial charge in [0, 0.05) is 5.69 Å². The topological polar surface area (TPSA) is 3.24 Å². The molecule has 4 heteroatoms. The van der Waals surface area contributed by atoms with Crippen molar-refractivity contribution >= 4 is 47.7 Å². The molecule has 0 saturated carbocycles. The molecular formula is C31H54NS3-. The number of hydrogen-bond acceptors (Lipinski definition) is 2. The molecule has 0 aliphatic carbocycles. The average Bonchev–Trinajstić information content (AvgIpc) is 2.86. The predicted octanol–water partition coefficient (Wildman–Crippen LogP) is 11.1. The van der Waals surface area contributed by atoms with Gasteiger partial charge in [0.1, 0.15) is 4.32 Å². The molecule has 1 aromatic rings. The van der Waals surface area contributed by atoms with Gasteiger partial charge in [-0.1, -0.05) is 154 Å². The summed E-state index contributed by atoms with van der Waals surface area (Å²) in [6.07, 6.45) is 29.7. The second-order valence-electron chi connectivity index (χ2n) is 10.4. The van der Waals surface area contributed by atoms with E-state index in [0.29, 0.717) is 4.32 Å². The highest BCUT2D eigenvalue weighted by Gasteiger charge is 2.10. The van der Waals surface area contributed by atoms with E-state index in [1.54, 1.807) is 4.31 Å². The van der Waals surface area contributed by atoms with Gasteiger partial charge in [-0.05, 0) is 42.9 Å². The third-order valence-electron chi connectivity index (χ3n) is 7.22. The van der Waals surface area contributed by atoms with Crippen molar-refractivity contribution in [3.63, 3.8) is 0 Å². The van der Waals surface area contributed by atoms with E-state index in [1.165, 1.54) is 140 Å². The molecule has 1 nitrogen and oxygen atoms in total. The van der Waals surface area contributed by atoms with Crippen molar-refractivity contribution in [2.24, 2.45) is 0 Å². The van der Waals surface area contributed by atoms with E-state index >= 15 is 0 Å². The van der Waals surface area contributed by atoms with Crippen molar-refractivity contribution in [3.8, 4) is 0 Å². The van der Waals surface area contributed by atoms with Crippen LogP contribution in [-0.2, 0) is 25.7 Å². The van der Waals surface area contributed by atoms with Crippen molar-refractivity contribution in [1.82, 2.24) is 0 Å². The Bertz CT molecular complexity index is 646. The lowest BCUT2D eigenvalue weighted by molar-refractivity contribution is 0.553. The van der Waals surface area contributed by atoms with Crippen LogP contribution in [0.5, 0.6) is 0 Å². The summed E-state index contributed by atoms with van der Waals surface area (Å²) in [5, 5.41) is 0. The normalized spacial score (nSPS) is 11.2. The summed E-state index contributed by atoms with van der Waals surface area (Å²) in [6.45, 7) is 4.58. The van der Waals surface area contributed by atoms with Crippen LogP contribution in [0.2, 0.25) is 0 Å². The maximum Gasteiger partial charge on any atom is 0.115 e. The zero-order chi connectivity index (χ0) is 25.6. The Balaban J connectivity index is 2.42. The zero-order valence-corrected chi connectivity index (χ0v) is 25.5. The molecule has 0 heterocycles. The van der Waals surface area contributed by atoms with Crippen molar-refractivity contribution < 1.29 is 0 Å². The first-order valence-electron chi connectivity index (χ1n) is 14.9. The number of unbranched alkanes of at least 4 members (excludes halogenated alkanes) is 18. The van der Waals surface area contributed by atoms with Crippen molar-refractivity contribution in [3.05, 3.63) is 29.3 Å². The third kappa shape index (κ3) is 16.3. The van der Waals surface area contributed by atoms with E-state index in [4.69, 9.17) is 25.0 Å². The van der Waals surface area contributed by atoms with Gasteiger partial charge in [0.15, 0.2) is 0 Å². The van der Waals surface area contributed by atoms with Crippen LogP contribution in [-0.4, -0.2) is 4.32 Å². The van der Waals surface area contributed by atoms with E-state index in [-0.39, 0.29) is 0 Å². The first kappa shape index (κ1) is 32.8. The number of thiol groups is 1. The van der Waals surface area contributed by atoms with Gasteiger partial charge in [0.25, 0.3) is 0 Å². The molecule has 1 rings (SSSR count). The van der Waals surface area contributed by atoms with E-state index in [2.05, 4.69) is 44.7 Å². The lowest BCUT2D eigenvalue weighted by atomic mass is 9.94. The minimum Gasteiger partial charge on any atom is -0.659 e. The number of hydrogen-bond donors (Lipinski definition) is 1. The number of anilines is 1. The van der Waals surface area contributed by atoms with Crippen LogP contribution in [0.1, 0.15) is 153 Å². The van der Waals surface area contributed by atoms with Gasteiger partial charge in [-0.3, -0.25) is 0 Å². The van der Waals surface area contributed by atoms with Crippen LogP contribution in [0.4, 0.5) is 5.69 Å². The molecule has 0 unspecified atom stereocenters. The molecule has 0 aromatic heterocycles. The molecule has 0 aliphatic rings. The largest absolute Gasteiger partial charge is 0.659 e. The lowest BCUT2D eigenvalue weighted by Crippen LogP contribution is -2.19. The summed E-state index contributed by atoms with van der Waals surface area (Å²) in [5.74, 6) is 0. The molecule has 0 aliphatic heterocycles. The zero-order valence-electron chi connectivity index (χ0n) is 23.0. The summed E-state index contributed by atoms with van der Waals surface area (Å²) < 4.78 is 2.15. The molecule has 0 N–H and O–H groups in total. The number of thiocarbonyl (C=S) groups is 1. The standard InChI is InChI=1S/C31H54NS3/c1-3-5-7-9-11-13-15-17-19-21-24-28-25-23-27-30(32(35)31(33)34)29(28)26-22-20-18-16-14-12-10-8-6-4-2/h23,25,27H,3-22,24,26H2,1-2H3,(H,33,34)/q-1. The molecule has 1 aromatic carbocycles. The van der Waals surface area contributed by atoms with Gasteiger partial charge in [-0.2, -0.15) is 0 Å². The molecule has 0 radical (unpaired) electrons. The molecule has 202 valence electrons. The second kappa shape index (κ2) is 23.0. The fourth-order valence-corrected chi connectivity index (χ4v) is 5.41. The van der Waals surface area contributed by atoms with Crippen molar-refractivity contribution in [1.29, 1.82) is 0 Å². The highest BCUT2D eigenvalue weighted by atomic mass is 32.1. The summed E-state index contributed by atoms with van der Waals surface area (Å²) in [4.78, 5) is 0. The average molecular weight is 537 g/mol. The molecular weight excluding hydrogens is 483 g/mol. The van der Waals surface area contributed by atoms with E-state index in [1.807, 2.05) is 0 Å². The van der Waals surface area contributed by atoms with Gasteiger partial charge in [-0.25, -0.2) is 0 Å². The monoisotopic (exact) mass is 536 g/mol. The van der Waals surface area contributed by atoms with Gasteiger partial charge >= 0.3 is 0 Å². The van der Waals surface area contributed by atoms with E-state index < -0.39 is 0 Å². The Morgan fingerprint density at radius 1 is 0.657 bits per heavy atom. The number of aryl methyl sites for hydroxylation is 1. The molecule has 0 amide bonds. The summed E-state index contributed by atoms with van der Waals surface area (Å²) >= 11 is 15.2. The second-order valence-corrected chi connectivity index (χ2v) is 11.8. The number of benzene rings is 1. The van der Waals surface area contributed by atoms with Gasteiger partial charge in [-0.15, -0.1) is 12.6 Å². The summed E-state index contributed by atoms with van der Waals surface area (Å²) in [5.41, 5.74) is 3.97. The van der Waals surface area contributed by atoms with Crippen LogP contribution >= 0.6 is 24.8 Å². The molecule has 0 spiro atoms. The highest BCUT2D eigenvalue weighted by Crippen LogP contribution is 2.28. The number of rotatable bonds is 23. The SMILES string of the molecule is CCCCCCCCCCCCc1cccc(N([S-])C(=S)S)c1CCCCCCCCCCCC. The van der Waals surface area contributed by atoms with Crippen molar-refractivity contribution in [2.75, 3.05) is 4.31 Å². The minimum absolute atomic E-state index is 0.473. The van der Waals surface area contributed by atoms with Crippen LogP contribution in [0.25, 0.3) is 0 Å². The first-order valence-corrected chi connectivity index (χ1v) is 16.1.